The number of aromatic nitrogens is 3. The van der Waals surface area contributed by atoms with Crippen molar-refractivity contribution in [2.24, 2.45) is 7.05 Å². The SMILES string of the molecule is Cc1cc(C(=O)CSc2nc3sc4c(c3c(=O)n2C)CCCC4)c(C)n1CC1CCCO1. The van der Waals surface area contributed by atoms with Gasteiger partial charge in [-0.3, -0.25) is 14.2 Å². The summed E-state index contributed by atoms with van der Waals surface area (Å²) in [5, 5.41) is 1.41. The number of thioether (sulfide) groups is 1. The minimum absolute atomic E-state index is 0.0130. The molecule has 1 saturated heterocycles. The predicted molar refractivity (Wildman–Crippen MR) is 129 cm³/mol. The number of thiophene rings is 1. The minimum atomic E-state index is 0.0130. The van der Waals surface area contributed by atoms with E-state index in [0.717, 1.165) is 72.4 Å². The molecule has 0 aromatic carbocycles. The molecule has 8 heteroatoms. The van der Waals surface area contributed by atoms with E-state index in [1.54, 1.807) is 23.0 Å². The van der Waals surface area contributed by atoms with Gasteiger partial charge in [-0.1, -0.05) is 11.8 Å². The topological polar surface area (TPSA) is 66.1 Å². The Labute approximate surface area is 196 Å². The van der Waals surface area contributed by atoms with Crippen LogP contribution >= 0.6 is 23.1 Å². The van der Waals surface area contributed by atoms with Gasteiger partial charge >= 0.3 is 0 Å². The molecule has 0 bridgehead atoms. The average Bonchev–Trinajstić information content (AvgIpc) is 3.49. The van der Waals surface area contributed by atoms with Crippen molar-refractivity contribution in [3.8, 4) is 0 Å². The fraction of sp³-hybridized carbons (Fsp3) is 0.542. The highest BCUT2D eigenvalue weighted by molar-refractivity contribution is 7.99. The Bertz CT molecular complexity index is 1250. The second-order valence-corrected chi connectivity index (χ2v) is 10.9. The van der Waals surface area contributed by atoms with Gasteiger partial charge in [0.2, 0.25) is 0 Å². The molecule has 2 aliphatic rings. The Morgan fingerprint density at radius 2 is 2.09 bits per heavy atom. The van der Waals surface area contributed by atoms with Crippen molar-refractivity contribution >= 4 is 39.1 Å². The first-order valence-corrected chi connectivity index (χ1v) is 13.2. The van der Waals surface area contributed by atoms with Gasteiger partial charge in [-0.25, -0.2) is 4.98 Å². The number of hydrogen-bond acceptors (Lipinski definition) is 6. The summed E-state index contributed by atoms with van der Waals surface area (Å²) in [5.74, 6) is 0.336. The lowest BCUT2D eigenvalue weighted by Crippen LogP contribution is -2.21. The van der Waals surface area contributed by atoms with E-state index in [-0.39, 0.29) is 23.2 Å². The molecule has 3 aromatic rings. The number of carbonyl (C=O) groups is 1. The molecule has 1 unspecified atom stereocenters. The zero-order valence-corrected chi connectivity index (χ0v) is 20.5. The van der Waals surface area contributed by atoms with Crippen molar-refractivity contribution in [3.05, 3.63) is 43.8 Å². The lowest BCUT2D eigenvalue weighted by atomic mass is 9.97. The molecule has 5 rings (SSSR count). The van der Waals surface area contributed by atoms with Crippen LogP contribution in [-0.4, -0.2) is 38.4 Å². The molecular formula is C24H29N3O3S2. The molecule has 3 aromatic heterocycles. The van der Waals surface area contributed by atoms with Crippen LogP contribution in [0.25, 0.3) is 10.2 Å². The number of carbonyl (C=O) groups excluding carboxylic acids is 1. The first kappa shape index (κ1) is 21.9. The predicted octanol–water partition coefficient (Wildman–Crippen LogP) is 4.45. The Morgan fingerprint density at radius 1 is 1.28 bits per heavy atom. The molecule has 0 amide bonds. The normalized spacial score (nSPS) is 18.4. The number of hydrogen-bond donors (Lipinski definition) is 0. The summed E-state index contributed by atoms with van der Waals surface area (Å²) in [7, 11) is 1.77. The number of Topliss-reactive ketones (excluding diaryl/α,β-unsaturated/α-hetero) is 1. The number of fused-ring (bicyclic) bond motifs is 3. The first-order valence-electron chi connectivity index (χ1n) is 11.4. The van der Waals surface area contributed by atoms with Crippen LogP contribution < -0.4 is 5.56 Å². The molecule has 0 radical (unpaired) electrons. The zero-order chi connectivity index (χ0) is 22.4. The Morgan fingerprint density at radius 3 is 2.88 bits per heavy atom. The van der Waals surface area contributed by atoms with Gasteiger partial charge in [-0.05, 0) is 64.0 Å². The maximum Gasteiger partial charge on any atom is 0.262 e. The van der Waals surface area contributed by atoms with E-state index in [1.165, 1.54) is 28.6 Å². The molecule has 0 N–H and O–H groups in total. The number of ketones is 1. The molecule has 0 spiro atoms. The third kappa shape index (κ3) is 3.86. The highest BCUT2D eigenvalue weighted by Gasteiger charge is 2.23. The fourth-order valence-electron chi connectivity index (χ4n) is 4.96. The van der Waals surface area contributed by atoms with Crippen LogP contribution in [-0.2, 0) is 31.2 Å². The molecule has 1 atom stereocenters. The third-order valence-electron chi connectivity index (χ3n) is 6.77. The van der Waals surface area contributed by atoms with Gasteiger partial charge in [0, 0.05) is 42.0 Å². The van der Waals surface area contributed by atoms with Crippen molar-refractivity contribution in [1.82, 2.24) is 14.1 Å². The molecule has 1 fully saturated rings. The van der Waals surface area contributed by atoms with Crippen LogP contribution in [0.3, 0.4) is 0 Å². The Kier molecular flexibility index (Phi) is 6.03. The number of rotatable bonds is 6. The monoisotopic (exact) mass is 471 g/mol. The molecule has 4 heterocycles. The summed E-state index contributed by atoms with van der Waals surface area (Å²) < 4.78 is 9.59. The van der Waals surface area contributed by atoms with Gasteiger partial charge < -0.3 is 9.30 Å². The quantitative estimate of drug-likeness (QED) is 0.302. The summed E-state index contributed by atoms with van der Waals surface area (Å²) in [5.41, 5.74) is 4.05. The summed E-state index contributed by atoms with van der Waals surface area (Å²) >= 11 is 3.01. The lowest BCUT2D eigenvalue weighted by Gasteiger charge is -2.14. The lowest BCUT2D eigenvalue weighted by molar-refractivity contribution is 0.0957. The van der Waals surface area contributed by atoms with Gasteiger partial charge in [0.15, 0.2) is 10.9 Å². The van der Waals surface area contributed by atoms with E-state index >= 15 is 0 Å². The molecule has 0 saturated carbocycles. The highest BCUT2D eigenvalue weighted by atomic mass is 32.2. The largest absolute Gasteiger partial charge is 0.376 e. The van der Waals surface area contributed by atoms with E-state index in [0.29, 0.717) is 5.16 Å². The smallest absolute Gasteiger partial charge is 0.262 e. The minimum Gasteiger partial charge on any atom is -0.376 e. The molecule has 1 aliphatic carbocycles. The van der Waals surface area contributed by atoms with Crippen LogP contribution in [0.5, 0.6) is 0 Å². The van der Waals surface area contributed by atoms with Crippen molar-refractivity contribution in [2.75, 3.05) is 12.4 Å². The molecule has 170 valence electrons. The summed E-state index contributed by atoms with van der Waals surface area (Å²) in [6, 6.07) is 1.98. The van der Waals surface area contributed by atoms with Crippen molar-refractivity contribution in [2.45, 2.75) is 70.2 Å². The van der Waals surface area contributed by atoms with Crippen LogP contribution in [0, 0.1) is 13.8 Å². The van der Waals surface area contributed by atoms with Gasteiger partial charge in [0.05, 0.1) is 17.2 Å². The molecule has 32 heavy (non-hydrogen) atoms. The standard InChI is InChI=1S/C24H29N3O3S2/c1-14-11-18(15(2)27(14)12-16-7-6-10-30-16)19(28)13-31-24-25-22-21(23(29)26(24)3)17-8-4-5-9-20(17)32-22/h11,16H,4-10,12-13H2,1-3H3. The van der Waals surface area contributed by atoms with Gasteiger partial charge in [-0.2, -0.15) is 0 Å². The molecule has 6 nitrogen and oxygen atoms in total. The van der Waals surface area contributed by atoms with E-state index in [9.17, 15) is 9.59 Å². The van der Waals surface area contributed by atoms with E-state index in [4.69, 9.17) is 9.72 Å². The van der Waals surface area contributed by atoms with Crippen LogP contribution in [0.4, 0.5) is 0 Å². The van der Waals surface area contributed by atoms with Crippen molar-refractivity contribution in [3.63, 3.8) is 0 Å². The third-order valence-corrected chi connectivity index (χ3v) is 8.99. The average molecular weight is 472 g/mol. The number of nitrogens with zero attached hydrogens (tertiary/aromatic N) is 3. The highest BCUT2D eigenvalue weighted by Crippen LogP contribution is 2.34. The summed E-state index contributed by atoms with van der Waals surface area (Å²) in [6.07, 6.45) is 6.75. The van der Waals surface area contributed by atoms with Crippen LogP contribution in [0.15, 0.2) is 16.0 Å². The fourth-order valence-corrected chi connectivity index (χ4v) is 7.12. The van der Waals surface area contributed by atoms with E-state index in [1.807, 2.05) is 19.9 Å². The number of aryl methyl sites for hydroxylation is 3. The number of ether oxygens (including phenoxy) is 1. The maximum atomic E-state index is 13.1. The second-order valence-electron chi connectivity index (χ2n) is 8.89. The van der Waals surface area contributed by atoms with E-state index < -0.39 is 0 Å². The Hall–Kier alpha value is -1.90. The van der Waals surface area contributed by atoms with Crippen molar-refractivity contribution < 1.29 is 9.53 Å². The van der Waals surface area contributed by atoms with Gasteiger partial charge in [0.25, 0.3) is 5.56 Å². The summed E-state index contributed by atoms with van der Waals surface area (Å²) in [6.45, 7) is 5.68. The van der Waals surface area contributed by atoms with Crippen LogP contribution in [0.2, 0.25) is 0 Å². The van der Waals surface area contributed by atoms with E-state index in [2.05, 4.69) is 4.57 Å². The van der Waals surface area contributed by atoms with Gasteiger partial charge in [0.1, 0.15) is 4.83 Å². The maximum absolute atomic E-state index is 13.1. The Balaban J connectivity index is 1.36. The van der Waals surface area contributed by atoms with Crippen LogP contribution in [0.1, 0.15) is 57.9 Å². The second kappa shape index (κ2) is 8.80. The molecule has 1 aliphatic heterocycles. The first-order chi connectivity index (χ1) is 15.4. The summed E-state index contributed by atoms with van der Waals surface area (Å²) in [4.78, 5) is 33.1. The van der Waals surface area contributed by atoms with Gasteiger partial charge in [-0.15, -0.1) is 11.3 Å². The van der Waals surface area contributed by atoms with Crippen molar-refractivity contribution in [1.29, 1.82) is 0 Å². The zero-order valence-electron chi connectivity index (χ0n) is 18.9. The molecular weight excluding hydrogens is 442 g/mol.